The van der Waals surface area contributed by atoms with Crippen molar-refractivity contribution in [3.63, 3.8) is 0 Å². The van der Waals surface area contributed by atoms with Crippen molar-refractivity contribution in [2.24, 2.45) is 7.05 Å². The summed E-state index contributed by atoms with van der Waals surface area (Å²) in [5, 5.41) is 18.2. The standard InChI is InChI=1S/C20H20ClN3O2/c1-20(26,16-10-6-7-11-17(16)21)13-22-19(25)15-12-23-24(2)18(15)14-8-4-3-5-9-14/h3-12,26H,13H2,1-2H3,(H,22,25)/t20-/m0/s1. The molecule has 2 N–H and O–H groups in total. The highest BCUT2D eigenvalue weighted by molar-refractivity contribution is 6.31. The lowest BCUT2D eigenvalue weighted by Gasteiger charge is -2.25. The van der Waals surface area contributed by atoms with Crippen molar-refractivity contribution in [2.75, 3.05) is 6.54 Å². The first-order chi connectivity index (χ1) is 12.4. The molecule has 6 heteroatoms. The van der Waals surface area contributed by atoms with Gasteiger partial charge in [0, 0.05) is 23.2 Å². The van der Waals surface area contributed by atoms with Gasteiger partial charge in [0.15, 0.2) is 0 Å². The van der Waals surface area contributed by atoms with Crippen LogP contribution in [0, 0.1) is 0 Å². The fourth-order valence-electron chi connectivity index (χ4n) is 2.88. The van der Waals surface area contributed by atoms with Crippen LogP contribution in [0.2, 0.25) is 5.02 Å². The number of rotatable bonds is 5. The normalized spacial score (nSPS) is 13.2. The summed E-state index contributed by atoms with van der Waals surface area (Å²) in [5.74, 6) is -0.302. The van der Waals surface area contributed by atoms with Crippen LogP contribution in [-0.4, -0.2) is 27.3 Å². The van der Waals surface area contributed by atoms with E-state index in [1.165, 1.54) is 6.20 Å². The first-order valence-electron chi connectivity index (χ1n) is 8.23. The highest BCUT2D eigenvalue weighted by Gasteiger charge is 2.27. The van der Waals surface area contributed by atoms with Crippen LogP contribution in [0.3, 0.4) is 0 Å². The van der Waals surface area contributed by atoms with Crippen molar-refractivity contribution in [3.8, 4) is 11.3 Å². The summed E-state index contributed by atoms with van der Waals surface area (Å²) in [6.07, 6.45) is 1.53. The third kappa shape index (κ3) is 3.64. The van der Waals surface area contributed by atoms with Crippen LogP contribution in [0.1, 0.15) is 22.8 Å². The SMILES string of the molecule is Cn1ncc(C(=O)NC[C@](C)(O)c2ccccc2Cl)c1-c1ccccc1. The summed E-state index contributed by atoms with van der Waals surface area (Å²) in [7, 11) is 1.79. The molecule has 1 amide bonds. The Kier molecular flexibility index (Phi) is 5.11. The van der Waals surface area contributed by atoms with E-state index in [-0.39, 0.29) is 12.5 Å². The van der Waals surface area contributed by atoms with Crippen LogP contribution >= 0.6 is 11.6 Å². The Morgan fingerprint density at radius 3 is 2.54 bits per heavy atom. The van der Waals surface area contributed by atoms with E-state index in [9.17, 15) is 9.90 Å². The molecule has 0 saturated heterocycles. The first kappa shape index (κ1) is 18.2. The number of aromatic nitrogens is 2. The van der Waals surface area contributed by atoms with Gasteiger partial charge in [-0.2, -0.15) is 5.10 Å². The van der Waals surface area contributed by atoms with Gasteiger partial charge in [0.25, 0.3) is 5.91 Å². The maximum atomic E-state index is 12.7. The lowest BCUT2D eigenvalue weighted by atomic mass is 9.95. The number of carbonyl (C=O) groups is 1. The monoisotopic (exact) mass is 369 g/mol. The first-order valence-corrected chi connectivity index (χ1v) is 8.61. The van der Waals surface area contributed by atoms with Crippen LogP contribution in [-0.2, 0) is 12.6 Å². The van der Waals surface area contributed by atoms with E-state index in [4.69, 9.17) is 11.6 Å². The minimum atomic E-state index is -1.29. The van der Waals surface area contributed by atoms with E-state index in [1.54, 1.807) is 42.9 Å². The van der Waals surface area contributed by atoms with E-state index in [0.717, 1.165) is 11.3 Å². The molecule has 1 atom stereocenters. The van der Waals surface area contributed by atoms with Gasteiger partial charge in [-0.1, -0.05) is 60.1 Å². The molecule has 0 spiro atoms. The minimum absolute atomic E-state index is 0.0265. The quantitative estimate of drug-likeness (QED) is 0.724. The summed E-state index contributed by atoms with van der Waals surface area (Å²) in [6.45, 7) is 1.65. The Balaban J connectivity index is 1.81. The molecule has 0 aliphatic heterocycles. The van der Waals surface area contributed by atoms with Gasteiger partial charge in [0.1, 0.15) is 5.60 Å². The van der Waals surface area contributed by atoms with Gasteiger partial charge in [0.2, 0.25) is 0 Å². The van der Waals surface area contributed by atoms with E-state index >= 15 is 0 Å². The zero-order valence-corrected chi connectivity index (χ0v) is 15.4. The molecule has 0 aliphatic rings. The highest BCUT2D eigenvalue weighted by atomic mass is 35.5. The molecule has 0 radical (unpaired) electrons. The van der Waals surface area contributed by atoms with Crippen molar-refractivity contribution in [1.82, 2.24) is 15.1 Å². The number of nitrogens with zero attached hydrogens (tertiary/aromatic N) is 2. The summed E-state index contributed by atoms with van der Waals surface area (Å²) in [5.41, 5.74) is 1.35. The Hall–Kier alpha value is -2.63. The summed E-state index contributed by atoms with van der Waals surface area (Å²) in [6, 6.07) is 16.6. The number of aryl methyl sites for hydroxylation is 1. The van der Waals surface area contributed by atoms with Crippen molar-refractivity contribution in [1.29, 1.82) is 0 Å². The second-order valence-corrected chi connectivity index (χ2v) is 6.74. The van der Waals surface area contributed by atoms with Gasteiger partial charge in [-0.25, -0.2) is 0 Å². The lowest BCUT2D eigenvalue weighted by Crippen LogP contribution is -2.38. The van der Waals surface area contributed by atoms with Crippen molar-refractivity contribution in [2.45, 2.75) is 12.5 Å². The fraction of sp³-hybridized carbons (Fsp3) is 0.200. The summed E-state index contributed by atoms with van der Waals surface area (Å²) < 4.78 is 1.66. The minimum Gasteiger partial charge on any atom is -0.384 e. The number of hydrogen-bond donors (Lipinski definition) is 2. The summed E-state index contributed by atoms with van der Waals surface area (Å²) >= 11 is 6.16. The molecule has 1 heterocycles. The van der Waals surface area contributed by atoms with Crippen LogP contribution < -0.4 is 5.32 Å². The van der Waals surface area contributed by atoms with E-state index < -0.39 is 5.60 Å². The van der Waals surface area contributed by atoms with Gasteiger partial charge in [-0.15, -0.1) is 0 Å². The molecule has 0 fully saturated rings. The Morgan fingerprint density at radius 1 is 1.19 bits per heavy atom. The lowest BCUT2D eigenvalue weighted by molar-refractivity contribution is 0.0527. The van der Waals surface area contributed by atoms with E-state index in [2.05, 4.69) is 10.4 Å². The van der Waals surface area contributed by atoms with Crippen molar-refractivity contribution >= 4 is 17.5 Å². The second-order valence-electron chi connectivity index (χ2n) is 6.33. The highest BCUT2D eigenvalue weighted by Crippen LogP contribution is 2.28. The van der Waals surface area contributed by atoms with Gasteiger partial charge in [-0.3, -0.25) is 9.48 Å². The van der Waals surface area contributed by atoms with E-state index in [0.29, 0.717) is 16.1 Å². The molecule has 0 aliphatic carbocycles. The molecule has 0 saturated carbocycles. The number of carbonyl (C=O) groups excluding carboxylic acids is 1. The predicted molar refractivity (Wildman–Crippen MR) is 102 cm³/mol. The van der Waals surface area contributed by atoms with Crippen LogP contribution in [0.5, 0.6) is 0 Å². The number of halogens is 1. The zero-order chi connectivity index (χ0) is 18.7. The largest absolute Gasteiger partial charge is 0.384 e. The number of hydrogen-bond acceptors (Lipinski definition) is 3. The Labute approximate surface area is 157 Å². The topological polar surface area (TPSA) is 67.2 Å². The molecule has 5 nitrogen and oxygen atoms in total. The number of amides is 1. The second kappa shape index (κ2) is 7.32. The molecular formula is C20H20ClN3O2. The number of nitrogens with one attached hydrogen (secondary N) is 1. The molecule has 2 aromatic carbocycles. The smallest absolute Gasteiger partial charge is 0.255 e. The van der Waals surface area contributed by atoms with Crippen molar-refractivity contribution < 1.29 is 9.90 Å². The zero-order valence-electron chi connectivity index (χ0n) is 14.6. The maximum Gasteiger partial charge on any atom is 0.255 e. The molecule has 3 aromatic rings. The molecular weight excluding hydrogens is 350 g/mol. The third-order valence-corrected chi connectivity index (χ3v) is 4.61. The van der Waals surface area contributed by atoms with Gasteiger partial charge in [0.05, 0.1) is 24.0 Å². The molecule has 134 valence electrons. The Bertz CT molecular complexity index is 920. The van der Waals surface area contributed by atoms with Gasteiger partial charge >= 0.3 is 0 Å². The van der Waals surface area contributed by atoms with Crippen molar-refractivity contribution in [3.05, 3.63) is 76.9 Å². The third-order valence-electron chi connectivity index (χ3n) is 4.28. The Morgan fingerprint density at radius 2 is 1.85 bits per heavy atom. The molecule has 26 heavy (non-hydrogen) atoms. The maximum absolute atomic E-state index is 12.7. The number of benzene rings is 2. The van der Waals surface area contributed by atoms with Crippen LogP contribution in [0.25, 0.3) is 11.3 Å². The van der Waals surface area contributed by atoms with Gasteiger partial charge < -0.3 is 10.4 Å². The summed E-state index contributed by atoms with van der Waals surface area (Å²) in [4.78, 5) is 12.7. The van der Waals surface area contributed by atoms with Crippen LogP contribution in [0.15, 0.2) is 60.8 Å². The van der Waals surface area contributed by atoms with E-state index in [1.807, 2.05) is 30.3 Å². The van der Waals surface area contributed by atoms with Gasteiger partial charge in [-0.05, 0) is 13.0 Å². The van der Waals surface area contributed by atoms with Crippen LogP contribution in [0.4, 0.5) is 0 Å². The predicted octanol–water partition coefficient (Wildman–Crippen LogP) is 3.38. The molecule has 3 rings (SSSR count). The molecule has 0 bridgehead atoms. The average Bonchev–Trinajstić information content (AvgIpc) is 3.02. The number of aliphatic hydroxyl groups is 1. The molecule has 1 aromatic heterocycles. The average molecular weight is 370 g/mol. The fourth-order valence-corrected chi connectivity index (χ4v) is 3.22. The molecule has 0 unspecified atom stereocenters.